The van der Waals surface area contributed by atoms with Crippen molar-refractivity contribution in [2.24, 2.45) is 0 Å². The molecule has 0 aromatic heterocycles. The average molecular weight is 300 g/mol. The van der Waals surface area contributed by atoms with Crippen molar-refractivity contribution in [1.29, 1.82) is 0 Å². The standard InChI is InChI=1S/C12H12O7S/c1-6-5-8-7(2)10(12(14)19-8)9(6)11(13)18-3-4-20(15,16)17/h5H,3-4H2,1-2H3,(H,15,16,17). The van der Waals surface area contributed by atoms with Crippen molar-refractivity contribution < 1.29 is 32.0 Å². The first-order valence-electron chi connectivity index (χ1n) is 5.69. The summed E-state index contributed by atoms with van der Waals surface area (Å²) in [5, 5.41) is 0. The zero-order valence-corrected chi connectivity index (χ0v) is 11.6. The van der Waals surface area contributed by atoms with Gasteiger partial charge in [-0.05, 0) is 25.5 Å². The van der Waals surface area contributed by atoms with Gasteiger partial charge in [-0.25, -0.2) is 9.59 Å². The lowest BCUT2D eigenvalue weighted by Crippen LogP contribution is -2.17. The number of fused-ring (bicyclic) bond motifs is 2. The Bertz CT molecular complexity index is 703. The Kier molecular flexibility index (Phi) is 3.53. The van der Waals surface area contributed by atoms with E-state index in [4.69, 9.17) is 14.0 Å². The van der Waals surface area contributed by atoms with E-state index >= 15 is 0 Å². The molecule has 0 amide bonds. The molecule has 0 atom stereocenters. The molecule has 1 aliphatic heterocycles. The monoisotopic (exact) mass is 300 g/mol. The van der Waals surface area contributed by atoms with E-state index < -0.39 is 34.4 Å². The molecular weight excluding hydrogens is 288 g/mol. The summed E-state index contributed by atoms with van der Waals surface area (Å²) in [5.41, 5.74) is 1.24. The molecule has 0 aliphatic carbocycles. The summed E-state index contributed by atoms with van der Waals surface area (Å²) in [7, 11) is -4.21. The molecule has 1 heterocycles. The van der Waals surface area contributed by atoms with Gasteiger partial charge < -0.3 is 9.47 Å². The Morgan fingerprint density at radius 1 is 1.40 bits per heavy atom. The molecule has 0 spiro atoms. The molecule has 0 saturated carbocycles. The van der Waals surface area contributed by atoms with Gasteiger partial charge in [-0.3, -0.25) is 4.55 Å². The molecule has 8 heteroatoms. The predicted molar refractivity (Wildman–Crippen MR) is 67.6 cm³/mol. The highest BCUT2D eigenvalue weighted by Gasteiger charge is 2.32. The van der Waals surface area contributed by atoms with Crippen molar-refractivity contribution in [1.82, 2.24) is 0 Å². The number of ether oxygens (including phenoxy) is 2. The van der Waals surface area contributed by atoms with Gasteiger partial charge in [0.1, 0.15) is 18.1 Å². The summed E-state index contributed by atoms with van der Waals surface area (Å²) >= 11 is 0. The molecule has 108 valence electrons. The van der Waals surface area contributed by atoms with Gasteiger partial charge in [-0.1, -0.05) is 0 Å². The number of benzene rings is 1. The minimum absolute atomic E-state index is 0.0593. The van der Waals surface area contributed by atoms with Crippen LogP contribution >= 0.6 is 0 Å². The minimum atomic E-state index is -4.21. The van der Waals surface area contributed by atoms with Gasteiger partial charge in [0.15, 0.2) is 0 Å². The lowest BCUT2D eigenvalue weighted by Gasteiger charge is -2.08. The van der Waals surface area contributed by atoms with Crippen LogP contribution < -0.4 is 4.74 Å². The van der Waals surface area contributed by atoms with Crippen molar-refractivity contribution in [2.45, 2.75) is 13.8 Å². The molecular formula is C12H12O7S. The predicted octanol–water partition coefficient (Wildman–Crippen LogP) is 0.881. The zero-order chi connectivity index (χ0) is 15.1. The third kappa shape index (κ3) is 2.66. The van der Waals surface area contributed by atoms with E-state index in [1.54, 1.807) is 19.9 Å². The Morgan fingerprint density at radius 3 is 2.65 bits per heavy atom. The van der Waals surface area contributed by atoms with Crippen molar-refractivity contribution >= 4 is 22.1 Å². The maximum absolute atomic E-state index is 11.9. The first-order valence-corrected chi connectivity index (χ1v) is 7.30. The summed E-state index contributed by atoms with van der Waals surface area (Å²) < 4.78 is 39.4. The quantitative estimate of drug-likeness (QED) is 0.649. The molecule has 2 rings (SSSR count). The third-order valence-corrected chi connectivity index (χ3v) is 3.60. The second-order valence-electron chi connectivity index (χ2n) is 4.38. The molecule has 0 radical (unpaired) electrons. The normalized spacial score (nSPS) is 13.2. The fourth-order valence-corrected chi connectivity index (χ4v) is 2.27. The van der Waals surface area contributed by atoms with Crippen LogP contribution in [0.3, 0.4) is 0 Å². The zero-order valence-electron chi connectivity index (χ0n) is 10.8. The van der Waals surface area contributed by atoms with Gasteiger partial charge in [-0.2, -0.15) is 8.42 Å². The summed E-state index contributed by atoms with van der Waals surface area (Å²) in [6.07, 6.45) is 0. The Hall–Kier alpha value is -1.93. The topological polar surface area (TPSA) is 107 Å². The SMILES string of the molecule is Cc1cc2c(C)c(c1C(=O)OCCS(=O)(=O)O)C(=O)O2. The molecule has 1 aliphatic rings. The van der Waals surface area contributed by atoms with Gasteiger partial charge in [0, 0.05) is 5.56 Å². The van der Waals surface area contributed by atoms with Gasteiger partial charge in [0.25, 0.3) is 10.1 Å². The largest absolute Gasteiger partial charge is 0.461 e. The van der Waals surface area contributed by atoms with Crippen LogP contribution in [-0.2, 0) is 14.9 Å². The number of hydrogen-bond donors (Lipinski definition) is 1. The molecule has 1 N–H and O–H groups in total. The molecule has 1 aromatic rings. The van der Waals surface area contributed by atoms with Gasteiger partial charge in [-0.15, -0.1) is 0 Å². The van der Waals surface area contributed by atoms with E-state index in [1.165, 1.54) is 0 Å². The minimum Gasteiger partial charge on any atom is -0.461 e. The van der Waals surface area contributed by atoms with Crippen LogP contribution in [-0.4, -0.2) is 37.3 Å². The molecule has 2 bridgehead atoms. The van der Waals surface area contributed by atoms with E-state index in [0.29, 0.717) is 16.9 Å². The highest BCUT2D eigenvalue weighted by Crippen LogP contribution is 2.34. The Morgan fingerprint density at radius 2 is 2.05 bits per heavy atom. The van der Waals surface area contributed by atoms with Crippen LogP contribution in [0.5, 0.6) is 5.75 Å². The number of carbonyl (C=O) groups is 2. The Balaban J connectivity index is 2.25. The van der Waals surface area contributed by atoms with Crippen molar-refractivity contribution in [3.05, 3.63) is 28.3 Å². The van der Waals surface area contributed by atoms with Crippen LogP contribution in [0.1, 0.15) is 31.8 Å². The van der Waals surface area contributed by atoms with Crippen LogP contribution in [0.25, 0.3) is 0 Å². The number of aryl methyl sites for hydroxylation is 1. The lowest BCUT2D eigenvalue weighted by molar-refractivity contribution is 0.0520. The van der Waals surface area contributed by atoms with Gasteiger partial charge >= 0.3 is 11.9 Å². The van der Waals surface area contributed by atoms with E-state index in [9.17, 15) is 18.0 Å². The number of rotatable bonds is 4. The van der Waals surface area contributed by atoms with Crippen molar-refractivity contribution in [3.8, 4) is 5.75 Å². The molecule has 0 unspecified atom stereocenters. The van der Waals surface area contributed by atoms with Crippen molar-refractivity contribution in [3.63, 3.8) is 0 Å². The van der Waals surface area contributed by atoms with E-state index in [2.05, 4.69) is 0 Å². The average Bonchev–Trinajstić information content (AvgIpc) is 2.49. The smallest absolute Gasteiger partial charge is 0.344 e. The van der Waals surface area contributed by atoms with Gasteiger partial charge in [0.2, 0.25) is 0 Å². The number of esters is 2. The lowest BCUT2D eigenvalue weighted by atomic mass is 9.98. The van der Waals surface area contributed by atoms with E-state index in [1.807, 2.05) is 0 Å². The Labute approximate surface area is 115 Å². The molecule has 1 aromatic carbocycles. The van der Waals surface area contributed by atoms with Crippen LogP contribution in [0.2, 0.25) is 0 Å². The van der Waals surface area contributed by atoms with Crippen LogP contribution in [0.4, 0.5) is 0 Å². The first kappa shape index (κ1) is 14.5. The van der Waals surface area contributed by atoms with Gasteiger partial charge in [0.05, 0.1) is 11.1 Å². The van der Waals surface area contributed by atoms with E-state index in [0.717, 1.165) is 0 Å². The first-order chi connectivity index (χ1) is 9.20. The highest BCUT2D eigenvalue weighted by atomic mass is 32.2. The highest BCUT2D eigenvalue weighted by molar-refractivity contribution is 7.85. The fourth-order valence-electron chi connectivity index (χ4n) is 1.97. The molecule has 0 fully saturated rings. The molecule has 7 nitrogen and oxygen atoms in total. The summed E-state index contributed by atoms with van der Waals surface area (Å²) in [6, 6.07) is 1.54. The number of hydrogen-bond acceptors (Lipinski definition) is 6. The summed E-state index contributed by atoms with van der Waals surface area (Å²) in [6.45, 7) is 2.77. The second kappa shape index (κ2) is 4.88. The molecule has 0 saturated heterocycles. The maximum atomic E-state index is 11.9. The van der Waals surface area contributed by atoms with E-state index in [-0.39, 0.29) is 11.1 Å². The van der Waals surface area contributed by atoms with Crippen molar-refractivity contribution in [2.75, 3.05) is 12.4 Å². The van der Waals surface area contributed by atoms with Crippen LogP contribution in [0, 0.1) is 13.8 Å². The summed E-state index contributed by atoms with van der Waals surface area (Å²) in [4.78, 5) is 23.6. The number of carbonyl (C=O) groups excluding carboxylic acids is 2. The van der Waals surface area contributed by atoms with Crippen LogP contribution in [0.15, 0.2) is 6.07 Å². The maximum Gasteiger partial charge on any atom is 0.344 e. The fraction of sp³-hybridized carbons (Fsp3) is 0.333. The third-order valence-electron chi connectivity index (χ3n) is 2.92. The molecule has 20 heavy (non-hydrogen) atoms. The summed E-state index contributed by atoms with van der Waals surface area (Å²) in [5.74, 6) is -1.76. The second-order valence-corrected chi connectivity index (χ2v) is 5.95.